The molecule has 3 aromatic rings. The molecule has 0 saturated carbocycles. The zero-order valence-electron chi connectivity index (χ0n) is 12.0. The molecule has 4 nitrogen and oxygen atoms in total. The number of benzene rings is 1. The van der Waals surface area contributed by atoms with Crippen LogP contribution in [-0.2, 0) is 0 Å². The number of aldehydes is 1. The van der Waals surface area contributed by atoms with Gasteiger partial charge in [-0.15, -0.1) is 0 Å². The lowest BCUT2D eigenvalue weighted by Crippen LogP contribution is -1.93. The second-order valence-electron chi connectivity index (χ2n) is 4.86. The van der Waals surface area contributed by atoms with Crippen LogP contribution in [0.2, 0.25) is 0 Å². The molecule has 21 heavy (non-hydrogen) atoms. The number of aryl methyl sites for hydroxylation is 1. The maximum absolute atomic E-state index is 11.5. The average molecular weight is 280 g/mol. The van der Waals surface area contributed by atoms with Gasteiger partial charge in [0.1, 0.15) is 22.8 Å². The van der Waals surface area contributed by atoms with Crippen molar-refractivity contribution in [2.45, 2.75) is 13.8 Å². The fourth-order valence-electron chi connectivity index (χ4n) is 2.37. The van der Waals surface area contributed by atoms with E-state index in [2.05, 4.69) is 4.98 Å². The fraction of sp³-hybridized carbons (Fsp3) is 0.176. The standard InChI is InChI=1S/C17H16N2O2/c1-3-21-14-7-5-13(6-8-14)17-15(11-20)19-10-12(2)4-9-16(19)18-17/h4-11H,3H2,1-2H3. The molecule has 0 N–H and O–H groups in total. The minimum absolute atomic E-state index is 0.567. The van der Waals surface area contributed by atoms with Crippen molar-refractivity contribution < 1.29 is 9.53 Å². The third-order valence-electron chi connectivity index (χ3n) is 3.35. The number of imidazole rings is 1. The van der Waals surface area contributed by atoms with Gasteiger partial charge in [0.05, 0.1) is 6.61 Å². The first-order valence-electron chi connectivity index (χ1n) is 6.90. The number of aromatic nitrogens is 2. The van der Waals surface area contributed by atoms with Crippen molar-refractivity contribution >= 4 is 11.9 Å². The summed E-state index contributed by atoms with van der Waals surface area (Å²) in [5.41, 5.74) is 4.02. The number of fused-ring (bicyclic) bond motifs is 1. The fourth-order valence-corrected chi connectivity index (χ4v) is 2.37. The van der Waals surface area contributed by atoms with Gasteiger partial charge in [-0.1, -0.05) is 6.07 Å². The summed E-state index contributed by atoms with van der Waals surface area (Å²) in [5, 5.41) is 0. The van der Waals surface area contributed by atoms with Crippen LogP contribution in [-0.4, -0.2) is 22.3 Å². The van der Waals surface area contributed by atoms with Gasteiger partial charge in [-0.2, -0.15) is 0 Å². The van der Waals surface area contributed by atoms with Crippen LogP contribution in [0, 0.1) is 6.92 Å². The van der Waals surface area contributed by atoms with Gasteiger partial charge in [0.15, 0.2) is 6.29 Å². The molecule has 0 radical (unpaired) electrons. The molecule has 4 heteroatoms. The molecule has 2 heterocycles. The van der Waals surface area contributed by atoms with Crippen LogP contribution in [0.25, 0.3) is 16.9 Å². The van der Waals surface area contributed by atoms with Crippen molar-refractivity contribution in [1.82, 2.24) is 9.38 Å². The second-order valence-corrected chi connectivity index (χ2v) is 4.86. The molecule has 0 amide bonds. The van der Waals surface area contributed by atoms with E-state index in [0.29, 0.717) is 18.0 Å². The Morgan fingerprint density at radius 3 is 2.62 bits per heavy atom. The van der Waals surface area contributed by atoms with E-state index >= 15 is 0 Å². The summed E-state index contributed by atoms with van der Waals surface area (Å²) >= 11 is 0. The lowest BCUT2D eigenvalue weighted by atomic mass is 10.1. The van der Waals surface area contributed by atoms with Crippen molar-refractivity contribution in [3.05, 3.63) is 53.9 Å². The van der Waals surface area contributed by atoms with Gasteiger partial charge in [0.25, 0.3) is 0 Å². The highest BCUT2D eigenvalue weighted by Crippen LogP contribution is 2.25. The van der Waals surface area contributed by atoms with Crippen LogP contribution in [0.4, 0.5) is 0 Å². The molecule has 0 atom stereocenters. The van der Waals surface area contributed by atoms with Crippen molar-refractivity contribution in [3.8, 4) is 17.0 Å². The molecule has 0 aliphatic heterocycles. The molecule has 2 aromatic heterocycles. The molecule has 0 spiro atoms. The van der Waals surface area contributed by atoms with Crippen LogP contribution < -0.4 is 4.74 Å². The van der Waals surface area contributed by atoms with Gasteiger partial charge < -0.3 is 4.74 Å². The predicted molar refractivity (Wildman–Crippen MR) is 81.9 cm³/mol. The summed E-state index contributed by atoms with van der Waals surface area (Å²) in [7, 11) is 0. The molecule has 0 unspecified atom stereocenters. The molecule has 0 fully saturated rings. The number of hydrogen-bond donors (Lipinski definition) is 0. The first kappa shape index (κ1) is 13.4. The van der Waals surface area contributed by atoms with Crippen molar-refractivity contribution in [3.63, 3.8) is 0 Å². The van der Waals surface area contributed by atoms with E-state index in [9.17, 15) is 4.79 Å². The predicted octanol–water partition coefficient (Wildman–Crippen LogP) is 3.52. The van der Waals surface area contributed by atoms with Crippen molar-refractivity contribution in [1.29, 1.82) is 0 Å². The first-order valence-corrected chi connectivity index (χ1v) is 6.90. The van der Waals surface area contributed by atoms with Gasteiger partial charge in [-0.25, -0.2) is 4.98 Å². The Morgan fingerprint density at radius 1 is 1.19 bits per heavy atom. The molecule has 0 aliphatic rings. The van der Waals surface area contributed by atoms with Crippen LogP contribution in [0.1, 0.15) is 23.0 Å². The monoisotopic (exact) mass is 280 g/mol. The first-order chi connectivity index (χ1) is 10.2. The van der Waals surface area contributed by atoms with Crippen LogP contribution in [0.5, 0.6) is 5.75 Å². The smallest absolute Gasteiger partial charge is 0.169 e. The zero-order chi connectivity index (χ0) is 14.8. The van der Waals surface area contributed by atoms with E-state index in [1.54, 1.807) is 0 Å². The van der Waals surface area contributed by atoms with Crippen molar-refractivity contribution in [2.24, 2.45) is 0 Å². The zero-order valence-corrected chi connectivity index (χ0v) is 12.0. The van der Waals surface area contributed by atoms with E-state index in [0.717, 1.165) is 28.8 Å². The Labute approximate surface area is 123 Å². The SMILES string of the molecule is CCOc1ccc(-c2nc3ccc(C)cn3c2C=O)cc1. The molecule has 0 bridgehead atoms. The summed E-state index contributed by atoms with van der Waals surface area (Å²) < 4.78 is 7.26. The van der Waals surface area contributed by atoms with Gasteiger partial charge in [-0.3, -0.25) is 9.20 Å². The number of hydrogen-bond acceptors (Lipinski definition) is 3. The van der Waals surface area contributed by atoms with E-state index < -0.39 is 0 Å². The Balaban J connectivity index is 2.13. The highest BCUT2D eigenvalue weighted by molar-refractivity contribution is 5.86. The summed E-state index contributed by atoms with van der Waals surface area (Å²) in [5.74, 6) is 0.813. The lowest BCUT2D eigenvalue weighted by molar-refractivity contribution is 0.111. The summed E-state index contributed by atoms with van der Waals surface area (Å²) in [6, 6.07) is 11.5. The average Bonchev–Trinajstić information content (AvgIpc) is 2.86. The van der Waals surface area contributed by atoms with Gasteiger partial charge in [0, 0.05) is 11.8 Å². The number of carbonyl (C=O) groups excluding carboxylic acids is 1. The Bertz CT molecular complexity index is 788. The van der Waals surface area contributed by atoms with E-state index in [-0.39, 0.29) is 0 Å². The van der Waals surface area contributed by atoms with Crippen LogP contribution >= 0.6 is 0 Å². The third kappa shape index (κ3) is 2.40. The Kier molecular flexibility index (Phi) is 3.44. The summed E-state index contributed by atoms with van der Waals surface area (Å²) in [6.45, 7) is 4.57. The third-order valence-corrected chi connectivity index (χ3v) is 3.35. The molecular formula is C17H16N2O2. The maximum Gasteiger partial charge on any atom is 0.169 e. The number of rotatable bonds is 4. The molecule has 3 rings (SSSR count). The van der Waals surface area contributed by atoms with E-state index in [1.807, 2.05) is 60.8 Å². The second kappa shape index (κ2) is 5.40. The molecule has 0 aliphatic carbocycles. The quantitative estimate of drug-likeness (QED) is 0.687. The number of carbonyl (C=O) groups is 1. The van der Waals surface area contributed by atoms with Crippen molar-refractivity contribution in [2.75, 3.05) is 6.61 Å². The van der Waals surface area contributed by atoms with E-state index in [1.165, 1.54) is 0 Å². The number of ether oxygens (including phenoxy) is 1. The molecule has 0 saturated heterocycles. The molecular weight excluding hydrogens is 264 g/mol. The highest BCUT2D eigenvalue weighted by atomic mass is 16.5. The molecule has 106 valence electrons. The normalized spacial score (nSPS) is 10.8. The van der Waals surface area contributed by atoms with Crippen LogP contribution in [0.15, 0.2) is 42.6 Å². The largest absolute Gasteiger partial charge is 0.494 e. The van der Waals surface area contributed by atoms with Gasteiger partial charge >= 0.3 is 0 Å². The number of nitrogens with zero attached hydrogens (tertiary/aromatic N) is 2. The van der Waals surface area contributed by atoms with Gasteiger partial charge in [-0.05, 0) is 49.7 Å². The Hall–Kier alpha value is -2.62. The molecule has 1 aromatic carbocycles. The number of pyridine rings is 1. The maximum atomic E-state index is 11.5. The van der Waals surface area contributed by atoms with Crippen LogP contribution in [0.3, 0.4) is 0 Å². The van der Waals surface area contributed by atoms with Gasteiger partial charge in [0.2, 0.25) is 0 Å². The summed E-state index contributed by atoms with van der Waals surface area (Å²) in [6.07, 6.45) is 2.77. The highest BCUT2D eigenvalue weighted by Gasteiger charge is 2.13. The Morgan fingerprint density at radius 2 is 1.95 bits per heavy atom. The lowest BCUT2D eigenvalue weighted by Gasteiger charge is -2.04. The minimum atomic E-state index is 0.567. The topological polar surface area (TPSA) is 43.6 Å². The summed E-state index contributed by atoms with van der Waals surface area (Å²) in [4.78, 5) is 16.0. The van der Waals surface area contributed by atoms with E-state index in [4.69, 9.17) is 4.74 Å². The minimum Gasteiger partial charge on any atom is -0.494 e.